The van der Waals surface area contributed by atoms with E-state index in [1.165, 1.54) is 5.56 Å². The third kappa shape index (κ3) is 5.09. The molecule has 1 heterocycles. The molecule has 0 aliphatic carbocycles. The third-order valence-electron chi connectivity index (χ3n) is 5.18. The van der Waals surface area contributed by atoms with Gasteiger partial charge in [-0.3, -0.25) is 9.59 Å². The van der Waals surface area contributed by atoms with Gasteiger partial charge in [0.15, 0.2) is 0 Å². The van der Waals surface area contributed by atoms with Crippen LogP contribution in [0.2, 0.25) is 0 Å². The second kappa shape index (κ2) is 8.24. The molecule has 2 amide bonds. The van der Waals surface area contributed by atoms with Gasteiger partial charge in [-0.1, -0.05) is 58.9 Å². The fourth-order valence-corrected chi connectivity index (χ4v) is 3.43. The highest BCUT2D eigenvalue weighted by Crippen LogP contribution is 2.25. The maximum absolute atomic E-state index is 12.7. The molecule has 1 aliphatic rings. The van der Waals surface area contributed by atoms with Crippen LogP contribution in [0.25, 0.3) is 0 Å². The van der Waals surface area contributed by atoms with Crippen molar-refractivity contribution in [2.75, 3.05) is 13.1 Å². The lowest BCUT2D eigenvalue weighted by molar-refractivity contribution is -0.142. The molecule has 0 bridgehead atoms. The van der Waals surface area contributed by atoms with Crippen LogP contribution < -0.4 is 5.32 Å². The van der Waals surface area contributed by atoms with E-state index < -0.39 is 5.41 Å². The van der Waals surface area contributed by atoms with Crippen LogP contribution in [0.5, 0.6) is 0 Å². The molecular formula is C22H34N2O2. The Morgan fingerprint density at radius 3 is 2.19 bits per heavy atom. The minimum absolute atomic E-state index is 0.0302. The summed E-state index contributed by atoms with van der Waals surface area (Å²) in [6.07, 6.45) is 1.73. The number of benzene rings is 1. The van der Waals surface area contributed by atoms with Crippen molar-refractivity contribution in [3.05, 3.63) is 35.4 Å². The van der Waals surface area contributed by atoms with E-state index in [0.29, 0.717) is 12.5 Å². The molecule has 4 heteroatoms. The van der Waals surface area contributed by atoms with Crippen LogP contribution in [-0.2, 0) is 9.59 Å². The maximum atomic E-state index is 12.7. The fraction of sp³-hybridized carbons (Fsp3) is 0.636. The predicted octanol–water partition coefficient (Wildman–Crippen LogP) is 4.27. The third-order valence-corrected chi connectivity index (χ3v) is 5.18. The summed E-state index contributed by atoms with van der Waals surface area (Å²) < 4.78 is 0. The molecule has 1 fully saturated rings. The summed E-state index contributed by atoms with van der Waals surface area (Å²) in [7, 11) is 0. The van der Waals surface area contributed by atoms with E-state index in [4.69, 9.17) is 0 Å². The molecule has 0 spiro atoms. The first-order valence-corrected chi connectivity index (χ1v) is 9.79. The largest absolute Gasteiger partial charge is 0.349 e. The molecule has 1 aromatic carbocycles. The van der Waals surface area contributed by atoms with Crippen molar-refractivity contribution in [1.82, 2.24) is 10.2 Å². The van der Waals surface area contributed by atoms with E-state index in [0.717, 1.165) is 24.9 Å². The van der Waals surface area contributed by atoms with Gasteiger partial charge in [-0.25, -0.2) is 0 Å². The van der Waals surface area contributed by atoms with E-state index in [2.05, 4.69) is 43.4 Å². The Morgan fingerprint density at radius 1 is 1.08 bits per heavy atom. The molecule has 0 saturated carbocycles. The minimum atomic E-state index is -0.399. The first kappa shape index (κ1) is 20.5. The molecule has 0 aromatic heterocycles. The predicted molar refractivity (Wildman–Crippen MR) is 106 cm³/mol. The van der Waals surface area contributed by atoms with Crippen molar-refractivity contribution < 1.29 is 9.59 Å². The van der Waals surface area contributed by atoms with Crippen molar-refractivity contribution >= 4 is 11.8 Å². The summed E-state index contributed by atoms with van der Waals surface area (Å²) in [5.74, 6) is 0.569. The number of rotatable bonds is 4. The van der Waals surface area contributed by atoms with Gasteiger partial charge in [-0.15, -0.1) is 0 Å². The number of hydrogen-bond acceptors (Lipinski definition) is 2. The smallest absolute Gasteiger partial charge is 0.227 e. The average Bonchev–Trinajstić information content (AvgIpc) is 2.60. The first-order valence-electron chi connectivity index (χ1n) is 9.79. The van der Waals surface area contributed by atoms with Crippen LogP contribution >= 0.6 is 0 Å². The summed E-state index contributed by atoms with van der Waals surface area (Å²) in [6.45, 7) is 13.4. The molecule has 1 N–H and O–H groups in total. The van der Waals surface area contributed by atoms with Gasteiger partial charge in [0.05, 0.1) is 12.0 Å². The lowest BCUT2D eigenvalue weighted by Gasteiger charge is -2.36. The molecule has 144 valence electrons. The van der Waals surface area contributed by atoms with E-state index in [-0.39, 0.29) is 23.8 Å². The number of piperidine rings is 1. The van der Waals surface area contributed by atoms with Crippen LogP contribution in [0, 0.1) is 11.3 Å². The summed E-state index contributed by atoms with van der Waals surface area (Å²) in [5.41, 5.74) is 2.01. The van der Waals surface area contributed by atoms with Gasteiger partial charge in [0.2, 0.25) is 11.8 Å². The number of hydrogen-bond donors (Lipinski definition) is 1. The van der Waals surface area contributed by atoms with Crippen LogP contribution in [0.1, 0.15) is 77.5 Å². The zero-order valence-corrected chi connectivity index (χ0v) is 17.1. The zero-order chi connectivity index (χ0) is 19.5. The second-order valence-electron chi connectivity index (χ2n) is 8.89. The standard InChI is InChI=1S/C22H34N2O2/c1-15(2)17-9-11-18(12-10-17)16(3)23-20(25)19-8-7-13-24(14-19)21(26)22(4,5)6/h9-12,15-16,19H,7-8,13-14H2,1-6H3,(H,23,25). The Hall–Kier alpha value is -1.84. The van der Waals surface area contributed by atoms with E-state index in [9.17, 15) is 9.59 Å². The molecular weight excluding hydrogens is 324 g/mol. The van der Waals surface area contributed by atoms with E-state index >= 15 is 0 Å². The van der Waals surface area contributed by atoms with Gasteiger partial charge >= 0.3 is 0 Å². The van der Waals surface area contributed by atoms with Crippen molar-refractivity contribution in [1.29, 1.82) is 0 Å². The van der Waals surface area contributed by atoms with Gasteiger partial charge in [0.1, 0.15) is 0 Å². The molecule has 26 heavy (non-hydrogen) atoms. The summed E-state index contributed by atoms with van der Waals surface area (Å²) in [5, 5.41) is 3.14. The number of nitrogens with one attached hydrogen (secondary N) is 1. The van der Waals surface area contributed by atoms with Crippen LogP contribution in [0.15, 0.2) is 24.3 Å². The van der Waals surface area contributed by atoms with Crippen LogP contribution in [-0.4, -0.2) is 29.8 Å². The quantitative estimate of drug-likeness (QED) is 0.874. The van der Waals surface area contributed by atoms with Gasteiger partial charge in [-0.05, 0) is 36.8 Å². The number of carbonyl (C=O) groups excluding carboxylic acids is 2. The number of carbonyl (C=O) groups is 2. The highest BCUT2D eigenvalue weighted by molar-refractivity contribution is 5.84. The van der Waals surface area contributed by atoms with Gasteiger partial charge in [0, 0.05) is 18.5 Å². The minimum Gasteiger partial charge on any atom is -0.349 e. The van der Waals surface area contributed by atoms with Gasteiger partial charge in [0.25, 0.3) is 0 Å². The Labute approximate surface area is 158 Å². The Kier molecular flexibility index (Phi) is 6.48. The van der Waals surface area contributed by atoms with Crippen molar-refractivity contribution in [2.24, 2.45) is 11.3 Å². The van der Waals surface area contributed by atoms with Crippen molar-refractivity contribution in [3.63, 3.8) is 0 Å². The van der Waals surface area contributed by atoms with Crippen molar-refractivity contribution in [3.8, 4) is 0 Å². The lowest BCUT2D eigenvalue weighted by atomic mass is 9.90. The Balaban J connectivity index is 1.97. The zero-order valence-electron chi connectivity index (χ0n) is 17.1. The number of amides is 2. The fourth-order valence-electron chi connectivity index (χ4n) is 3.43. The van der Waals surface area contributed by atoms with E-state index in [1.54, 1.807) is 0 Å². The van der Waals surface area contributed by atoms with Gasteiger partial charge < -0.3 is 10.2 Å². The summed E-state index contributed by atoms with van der Waals surface area (Å²) in [6, 6.07) is 8.42. The van der Waals surface area contributed by atoms with Crippen molar-refractivity contribution in [2.45, 2.75) is 66.3 Å². The normalized spacial score (nSPS) is 19.3. The van der Waals surface area contributed by atoms with Crippen LogP contribution in [0.3, 0.4) is 0 Å². The molecule has 1 aliphatic heterocycles. The molecule has 2 rings (SSSR count). The van der Waals surface area contributed by atoms with Gasteiger partial charge in [-0.2, -0.15) is 0 Å². The second-order valence-corrected chi connectivity index (χ2v) is 8.89. The first-order chi connectivity index (χ1) is 12.1. The molecule has 0 radical (unpaired) electrons. The average molecular weight is 359 g/mol. The van der Waals surface area contributed by atoms with Crippen LogP contribution in [0.4, 0.5) is 0 Å². The monoisotopic (exact) mass is 358 g/mol. The topological polar surface area (TPSA) is 49.4 Å². The highest BCUT2D eigenvalue weighted by Gasteiger charge is 2.33. The Morgan fingerprint density at radius 2 is 1.65 bits per heavy atom. The maximum Gasteiger partial charge on any atom is 0.227 e. The number of nitrogens with zero attached hydrogens (tertiary/aromatic N) is 1. The molecule has 4 nitrogen and oxygen atoms in total. The van der Waals surface area contributed by atoms with E-state index in [1.807, 2.05) is 32.6 Å². The summed E-state index contributed by atoms with van der Waals surface area (Å²) in [4.78, 5) is 27.1. The molecule has 2 unspecified atom stereocenters. The molecule has 1 saturated heterocycles. The highest BCUT2D eigenvalue weighted by atomic mass is 16.2. The molecule has 2 atom stereocenters. The SMILES string of the molecule is CC(C)c1ccc(C(C)NC(=O)C2CCCN(C(=O)C(C)(C)C)C2)cc1. The molecule has 1 aromatic rings. The summed E-state index contributed by atoms with van der Waals surface area (Å²) >= 11 is 0. The lowest BCUT2D eigenvalue weighted by Crippen LogP contribution is -2.49. The Bertz CT molecular complexity index is 629. The number of likely N-dealkylation sites (tertiary alicyclic amines) is 1.